The number of nitrogens with one attached hydrogen (secondary N) is 2. The second kappa shape index (κ2) is 8.00. The first-order valence-corrected chi connectivity index (χ1v) is 8.28. The normalized spacial score (nSPS) is 15.3. The van der Waals surface area contributed by atoms with Gasteiger partial charge in [-0.15, -0.1) is 0 Å². The molecule has 0 atom stereocenters. The largest absolute Gasteiger partial charge is 0.354 e. The summed E-state index contributed by atoms with van der Waals surface area (Å²) in [6.07, 6.45) is 5.88. The van der Waals surface area contributed by atoms with Crippen LogP contribution < -0.4 is 15.5 Å². The second-order valence-electron chi connectivity index (χ2n) is 5.52. The van der Waals surface area contributed by atoms with Crippen LogP contribution in [0.3, 0.4) is 0 Å². The molecule has 1 saturated heterocycles. The maximum absolute atomic E-state index is 4.63. The van der Waals surface area contributed by atoms with Crippen LogP contribution in [0, 0.1) is 0 Å². The van der Waals surface area contributed by atoms with Crippen LogP contribution in [0.1, 0.15) is 52.9 Å². The van der Waals surface area contributed by atoms with Gasteiger partial charge in [-0.2, -0.15) is 15.0 Å². The Morgan fingerprint density at radius 1 is 0.952 bits per heavy atom. The minimum absolute atomic E-state index is 0.413. The third-order valence-electron chi connectivity index (χ3n) is 3.92. The van der Waals surface area contributed by atoms with Crippen molar-refractivity contribution in [2.75, 3.05) is 35.2 Å². The average Bonchev–Trinajstić information content (AvgIpc) is 2.53. The molecule has 1 aromatic rings. The van der Waals surface area contributed by atoms with Crippen molar-refractivity contribution >= 4 is 17.8 Å². The first-order valence-electron chi connectivity index (χ1n) is 8.28. The number of piperidine rings is 1. The van der Waals surface area contributed by atoms with Crippen LogP contribution in [-0.2, 0) is 0 Å². The number of anilines is 3. The topological polar surface area (TPSA) is 66.0 Å². The molecule has 118 valence electrons. The Morgan fingerprint density at radius 2 is 1.62 bits per heavy atom. The summed E-state index contributed by atoms with van der Waals surface area (Å²) in [5, 5.41) is 6.64. The van der Waals surface area contributed by atoms with Gasteiger partial charge in [0.25, 0.3) is 0 Å². The van der Waals surface area contributed by atoms with Crippen molar-refractivity contribution < 1.29 is 0 Å². The molecule has 0 amide bonds. The van der Waals surface area contributed by atoms with Gasteiger partial charge < -0.3 is 15.5 Å². The molecule has 6 heteroatoms. The van der Waals surface area contributed by atoms with Gasteiger partial charge in [0.05, 0.1) is 0 Å². The van der Waals surface area contributed by atoms with Crippen LogP contribution in [0.15, 0.2) is 0 Å². The SMILES string of the molecule is CCNc1nc(NC(CC)CC)nc(N2CCCCC2)n1. The maximum Gasteiger partial charge on any atom is 0.231 e. The molecule has 21 heavy (non-hydrogen) atoms. The molecule has 1 aliphatic heterocycles. The van der Waals surface area contributed by atoms with E-state index >= 15 is 0 Å². The summed E-state index contributed by atoms with van der Waals surface area (Å²) in [6.45, 7) is 9.31. The lowest BCUT2D eigenvalue weighted by Crippen LogP contribution is -2.32. The van der Waals surface area contributed by atoms with Gasteiger partial charge in [0.15, 0.2) is 0 Å². The Labute approximate surface area is 127 Å². The maximum atomic E-state index is 4.63. The zero-order valence-corrected chi connectivity index (χ0v) is 13.5. The third-order valence-corrected chi connectivity index (χ3v) is 3.92. The minimum atomic E-state index is 0.413. The Kier molecular flexibility index (Phi) is 6.02. The van der Waals surface area contributed by atoms with Crippen molar-refractivity contribution in [3.8, 4) is 0 Å². The first-order chi connectivity index (χ1) is 10.3. The van der Waals surface area contributed by atoms with Crippen LogP contribution in [-0.4, -0.2) is 40.6 Å². The molecule has 2 rings (SSSR count). The highest BCUT2D eigenvalue weighted by Gasteiger charge is 2.17. The molecule has 6 nitrogen and oxygen atoms in total. The van der Waals surface area contributed by atoms with E-state index < -0.39 is 0 Å². The zero-order chi connectivity index (χ0) is 15.1. The van der Waals surface area contributed by atoms with E-state index in [1.807, 2.05) is 0 Å². The van der Waals surface area contributed by atoms with E-state index in [1.165, 1.54) is 19.3 Å². The van der Waals surface area contributed by atoms with Crippen molar-refractivity contribution in [3.63, 3.8) is 0 Å². The number of rotatable bonds is 7. The van der Waals surface area contributed by atoms with Crippen molar-refractivity contribution in [1.82, 2.24) is 15.0 Å². The molecule has 2 heterocycles. The van der Waals surface area contributed by atoms with E-state index in [4.69, 9.17) is 0 Å². The predicted molar refractivity (Wildman–Crippen MR) is 88.0 cm³/mol. The number of hydrogen-bond acceptors (Lipinski definition) is 6. The predicted octanol–water partition coefficient (Wildman–Crippen LogP) is 2.89. The molecule has 0 bridgehead atoms. The first kappa shape index (κ1) is 15.8. The van der Waals surface area contributed by atoms with Gasteiger partial charge in [0, 0.05) is 25.7 Å². The highest BCUT2D eigenvalue weighted by atomic mass is 15.3. The summed E-state index contributed by atoms with van der Waals surface area (Å²) in [6, 6.07) is 0.413. The number of hydrogen-bond donors (Lipinski definition) is 2. The van der Waals surface area contributed by atoms with Crippen molar-refractivity contribution in [2.24, 2.45) is 0 Å². The van der Waals surface area contributed by atoms with Crippen molar-refractivity contribution in [1.29, 1.82) is 0 Å². The highest BCUT2D eigenvalue weighted by molar-refractivity contribution is 5.44. The molecule has 0 aromatic carbocycles. The third kappa shape index (κ3) is 4.44. The molecule has 0 saturated carbocycles. The fourth-order valence-corrected chi connectivity index (χ4v) is 2.58. The summed E-state index contributed by atoms with van der Waals surface area (Å²) in [7, 11) is 0. The average molecular weight is 292 g/mol. The van der Waals surface area contributed by atoms with E-state index in [0.29, 0.717) is 17.9 Å². The Balaban J connectivity index is 2.20. The molecule has 1 aromatic heterocycles. The van der Waals surface area contributed by atoms with E-state index in [1.54, 1.807) is 0 Å². The molecular weight excluding hydrogens is 264 g/mol. The minimum Gasteiger partial charge on any atom is -0.354 e. The second-order valence-corrected chi connectivity index (χ2v) is 5.52. The van der Waals surface area contributed by atoms with Crippen LogP contribution in [0.2, 0.25) is 0 Å². The summed E-state index contributed by atoms with van der Waals surface area (Å²) >= 11 is 0. The monoisotopic (exact) mass is 292 g/mol. The molecule has 0 spiro atoms. The van der Waals surface area contributed by atoms with E-state index in [-0.39, 0.29) is 0 Å². The molecule has 1 aliphatic rings. The van der Waals surface area contributed by atoms with Gasteiger partial charge >= 0.3 is 0 Å². The van der Waals surface area contributed by atoms with Gasteiger partial charge in [0.1, 0.15) is 0 Å². The van der Waals surface area contributed by atoms with E-state index in [9.17, 15) is 0 Å². The van der Waals surface area contributed by atoms with Gasteiger partial charge in [0.2, 0.25) is 17.8 Å². The molecule has 1 fully saturated rings. The van der Waals surface area contributed by atoms with Gasteiger partial charge in [-0.3, -0.25) is 0 Å². The van der Waals surface area contributed by atoms with E-state index in [2.05, 4.69) is 51.3 Å². The van der Waals surface area contributed by atoms with Crippen LogP contribution in [0.5, 0.6) is 0 Å². The Morgan fingerprint density at radius 3 is 2.24 bits per heavy atom. The summed E-state index contributed by atoms with van der Waals surface area (Å²) in [5.41, 5.74) is 0. The lowest BCUT2D eigenvalue weighted by molar-refractivity contribution is 0.567. The fourth-order valence-electron chi connectivity index (χ4n) is 2.58. The smallest absolute Gasteiger partial charge is 0.231 e. The molecule has 0 unspecified atom stereocenters. The van der Waals surface area contributed by atoms with E-state index in [0.717, 1.165) is 38.4 Å². The molecular formula is C15H28N6. The standard InChI is InChI=1S/C15H28N6/c1-4-12(5-2)17-14-18-13(16-6-3)19-15(20-14)21-10-8-7-9-11-21/h12H,4-11H2,1-3H3,(H2,16,17,18,19,20). The summed E-state index contributed by atoms with van der Waals surface area (Å²) in [4.78, 5) is 15.9. The van der Waals surface area contributed by atoms with Crippen LogP contribution in [0.25, 0.3) is 0 Å². The fraction of sp³-hybridized carbons (Fsp3) is 0.800. The lowest BCUT2D eigenvalue weighted by atomic mass is 10.1. The Bertz CT molecular complexity index is 426. The summed E-state index contributed by atoms with van der Waals surface area (Å²) < 4.78 is 0. The number of nitrogens with zero attached hydrogens (tertiary/aromatic N) is 4. The molecule has 0 radical (unpaired) electrons. The van der Waals surface area contributed by atoms with Crippen molar-refractivity contribution in [2.45, 2.75) is 58.9 Å². The Hall–Kier alpha value is -1.59. The van der Waals surface area contributed by atoms with Gasteiger partial charge in [-0.1, -0.05) is 13.8 Å². The molecule has 0 aliphatic carbocycles. The lowest BCUT2D eigenvalue weighted by Gasteiger charge is -2.27. The van der Waals surface area contributed by atoms with Crippen LogP contribution in [0.4, 0.5) is 17.8 Å². The van der Waals surface area contributed by atoms with Gasteiger partial charge in [-0.05, 0) is 39.0 Å². The van der Waals surface area contributed by atoms with Crippen LogP contribution >= 0.6 is 0 Å². The van der Waals surface area contributed by atoms with Crippen molar-refractivity contribution in [3.05, 3.63) is 0 Å². The summed E-state index contributed by atoms with van der Waals surface area (Å²) in [5.74, 6) is 2.16. The molecule has 2 N–H and O–H groups in total. The quantitative estimate of drug-likeness (QED) is 0.805. The number of aromatic nitrogens is 3. The van der Waals surface area contributed by atoms with Gasteiger partial charge in [-0.25, -0.2) is 0 Å². The highest BCUT2D eigenvalue weighted by Crippen LogP contribution is 2.19. The zero-order valence-electron chi connectivity index (χ0n) is 13.5.